The van der Waals surface area contributed by atoms with Crippen LogP contribution in [0.5, 0.6) is 5.75 Å². The molecule has 2 amide bonds. The number of rotatable bonds is 10. The molecule has 150 valence electrons. The summed E-state index contributed by atoms with van der Waals surface area (Å²) in [6, 6.07) is 5.62. The molecule has 1 aliphatic carbocycles. The molecule has 0 spiro atoms. The first kappa shape index (κ1) is 21.3. The second kappa shape index (κ2) is 10.4. The first-order chi connectivity index (χ1) is 12.9. The minimum atomic E-state index is -0.818. The van der Waals surface area contributed by atoms with Gasteiger partial charge in [0.05, 0.1) is 13.2 Å². The van der Waals surface area contributed by atoms with Crippen LogP contribution in [-0.2, 0) is 4.79 Å². The van der Waals surface area contributed by atoms with E-state index in [0.29, 0.717) is 31.1 Å². The predicted octanol–water partition coefficient (Wildman–Crippen LogP) is 2.65. The van der Waals surface area contributed by atoms with Crippen molar-refractivity contribution in [2.45, 2.75) is 45.2 Å². The number of aryl methyl sites for hydroxylation is 1. The number of nitrogens with zero attached hydrogens (tertiary/aromatic N) is 1. The number of ether oxygens (including phenoxy) is 1. The van der Waals surface area contributed by atoms with Crippen LogP contribution in [0.4, 0.5) is 4.79 Å². The fourth-order valence-electron chi connectivity index (χ4n) is 3.14. The molecular weight excluding hydrogens is 370 g/mol. The van der Waals surface area contributed by atoms with Gasteiger partial charge in [0.25, 0.3) is 0 Å². The summed E-state index contributed by atoms with van der Waals surface area (Å²) >= 11 is 5.91. The summed E-state index contributed by atoms with van der Waals surface area (Å²) in [7, 11) is 0. The van der Waals surface area contributed by atoms with E-state index in [1.54, 1.807) is 6.07 Å². The Kier molecular flexibility index (Phi) is 8.19. The maximum absolute atomic E-state index is 11.9. The number of aliphatic carboxylic acids is 1. The van der Waals surface area contributed by atoms with Crippen molar-refractivity contribution in [2.24, 2.45) is 0 Å². The maximum Gasteiger partial charge on any atom is 0.317 e. The van der Waals surface area contributed by atoms with Crippen LogP contribution >= 0.6 is 11.6 Å². The van der Waals surface area contributed by atoms with Gasteiger partial charge < -0.3 is 20.5 Å². The summed E-state index contributed by atoms with van der Waals surface area (Å²) in [6.07, 6.45) is 2.27. The Hall–Kier alpha value is -1.99. The van der Waals surface area contributed by atoms with Crippen LogP contribution in [0, 0.1) is 6.92 Å². The lowest BCUT2D eigenvalue weighted by Crippen LogP contribution is -2.56. The fraction of sp³-hybridized carbons (Fsp3) is 0.579. The topological polar surface area (TPSA) is 90.9 Å². The normalized spacial score (nSPS) is 18.7. The highest BCUT2D eigenvalue weighted by Gasteiger charge is 2.34. The Bertz CT molecular complexity index is 650. The lowest BCUT2D eigenvalue weighted by Gasteiger charge is -2.42. The average molecular weight is 398 g/mol. The van der Waals surface area contributed by atoms with Crippen molar-refractivity contribution in [2.75, 3.05) is 26.2 Å². The van der Waals surface area contributed by atoms with Crippen molar-refractivity contribution >= 4 is 23.6 Å². The van der Waals surface area contributed by atoms with E-state index in [1.165, 1.54) is 0 Å². The van der Waals surface area contributed by atoms with Crippen LogP contribution in [0.25, 0.3) is 0 Å². The Balaban J connectivity index is 1.56. The molecule has 7 nitrogen and oxygen atoms in total. The highest BCUT2D eigenvalue weighted by atomic mass is 35.5. The molecule has 2 rings (SSSR count). The van der Waals surface area contributed by atoms with Gasteiger partial charge in [0.1, 0.15) is 5.75 Å². The van der Waals surface area contributed by atoms with Crippen molar-refractivity contribution in [1.29, 1.82) is 0 Å². The van der Waals surface area contributed by atoms with E-state index in [1.807, 2.05) is 30.9 Å². The second-order valence-corrected chi connectivity index (χ2v) is 7.23. The zero-order valence-corrected chi connectivity index (χ0v) is 16.6. The Morgan fingerprint density at radius 2 is 2.11 bits per heavy atom. The first-order valence-corrected chi connectivity index (χ1v) is 9.66. The molecule has 8 heteroatoms. The van der Waals surface area contributed by atoms with Crippen LogP contribution in [0.2, 0.25) is 5.02 Å². The van der Waals surface area contributed by atoms with Crippen molar-refractivity contribution in [3.63, 3.8) is 0 Å². The minimum absolute atomic E-state index is 0.0488. The van der Waals surface area contributed by atoms with Gasteiger partial charge in [-0.25, -0.2) is 4.79 Å². The van der Waals surface area contributed by atoms with Crippen LogP contribution in [0.15, 0.2) is 18.2 Å². The fourth-order valence-corrected chi connectivity index (χ4v) is 3.37. The second-order valence-electron chi connectivity index (χ2n) is 6.79. The highest BCUT2D eigenvalue weighted by Crippen LogP contribution is 2.25. The molecule has 0 aliphatic heterocycles. The van der Waals surface area contributed by atoms with E-state index < -0.39 is 5.97 Å². The molecule has 0 heterocycles. The number of benzene rings is 1. The summed E-state index contributed by atoms with van der Waals surface area (Å²) in [4.78, 5) is 24.7. The number of carbonyl (C=O) groups is 2. The lowest BCUT2D eigenvalue weighted by atomic mass is 9.85. The summed E-state index contributed by atoms with van der Waals surface area (Å²) in [5.74, 6) is -0.0202. The van der Waals surface area contributed by atoms with Crippen LogP contribution in [0.3, 0.4) is 0 Å². The van der Waals surface area contributed by atoms with E-state index in [0.717, 1.165) is 24.2 Å². The summed E-state index contributed by atoms with van der Waals surface area (Å²) in [5.41, 5.74) is 0.983. The van der Waals surface area contributed by atoms with E-state index in [-0.39, 0.29) is 24.7 Å². The number of halogens is 1. The molecule has 0 radical (unpaired) electrons. The highest BCUT2D eigenvalue weighted by molar-refractivity contribution is 6.30. The number of nitrogens with one attached hydrogen (secondary N) is 2. The first-order valence-electron chi connectivity index (χ1n) is 9.28. The van der Waals surface area contributed by atoms with Gasteiger partial charge in [-0.15, -0.1) is 0 Å². The van der Waals surface area contributed by atoms with Gasteiger partial charge >= 0.3 is 12.0 Å². The molecule has 1 fully saturated rings. The van der Waals surface area contributed by atoms with Gasteiger partial charge in [-0.1, -0.05) is 18.5 Å². The molecule has 3 N–H and O–H groups in total. The monoisotopic (exact) mass is 397 g/mol. The number of carboxylic acids is 1. The van der Waals surface area contributed by atoms with E-state index in [2.05, 4.69) is 10.6 Å². The SMILES string of the molecule is CCN(CC(=O)O)C1CC(NC(=O)NCCCOc2ccc(Cl)cc2C)C1. The Labute approximate surface area is 165 Å². The predicted molar refractivity (Wildman–Crippen MR) is 105 cm³/mol. The summed E-state index contributed by atoms with van der Waals surface area (Å²) in [5, 5.41) is 15.3. The zero-order valence-electron chi connectivity index (χ0n) is 15.8. The Morgan fingerprint density at radius 1 is 1.37 bits per heavy atom. The zero-order chi connectivity index (χ0) is 19.8. The third-order valence-corrected chi connectivity index (χ3v) is 4.95. The molecule has 27 heavy (non-hydrogen) atoms. The largest absolute Gasteiger partial charge is 0.493 e. The van der Waals surface area contributed by atoms with E-state index in [9.17, 15) is 9.59 Å². The van der Waals surface area contributed by atoms with Crippen molar-refractivity contribution in [3.8, 4) is 5.75 Å². The molecule has 0 unspecified atom stereocenters. The molecule has 0 bridgehead atoms. The molecule has 1 aromatic rings. The molecular formula is C19H28ClN3O4. The molecule has 1 aliphatic rings. The van der Waals surface area contributed by atoms with E-state index in [4.69, 9.17) is 21.4 Å². The van der Waals surface area contributed by atoms with Gasteiger partial charge in [0, 0.05) is 23.7 Å². The maximum atomic E-state index is 11.9. The van der Waals surface area contributed by atoms with Crippen LogP contribution in [-0.4, -0.2) is 60.3 Å². The average Bonchev–Trinajstić information content (AvgIpc) is 2.57. The number of hydrogen-bond donors (Lipinski definition) is 3. The van der Waals surface area contributed by atoms with Crippen LogP contribution < -0.4 is 15.4 Å². The third kappa shape index (κ3) is 6.92. The quantitative estimate of drug-likeness (QED) is 0.528. The van der Waals surface area contributed by atoms with Gasteiger partial charge in [-0.3, -0.25) is 9.69 Å². The minimum Gasteiger partial charge on any atom is -0.493 e. The van der Waals surface area contributed by atoms with Crippen molar-refractivity contribution < 1.29 is 19.4 Å². The molecule has 1 saturated carbocycles. The number of likely N-dealkylation sites (N-methyl/N-ethyl adjacent to an activating group) is 1. The standard InChI is InChI=1S/C19H28ClN3O4/c1-3-23(12-18(24)25)16-10-15(11-16)22-19(26)21-7-4-8-27-17-6-5-14(20)9-13(17)2/h5-6,9,15-16H,3-4,7-8,10-12H2,1-2H3,(H,24,25)(H2,21,22,26). The number of carboxylic acid groups (broad SMARTS) is 1. The Morgan fingerprint density at radius 3 is 2.74 bits per heavy atom. The third-order valence-electron chi connectivity index (χ3n) is 4.71. The number of amides is 2. The van der Waals surface area contributed by atoms with Gasteiger partial charge in [0.15, 0.2) is 0 Å². The number of hydrogen-bond acceptors (Lipinski definition) is 4. The smallest absolute Gasteiger partial charge is 0.317 e. The van der Waals surface area contributed by atoms with Gasteiger partial charge in [0.2, 0.25) is 0 Å². The summed E-state index contributed by atoms with van der Waals surface area (Å²) in [6.45, 7) is 5.67. The van der Waals surface area contributed by atoms with Crippen molar-refractivity contribution in [1.82, 2.24) is 15.5 Å². The number of carbonyl (C=O) groups excluding carboxylic acids is 1. The molecule has 0 saturated heterocycles. The van der Waals surface area contributed by atoms with E-state index >= 15 is 0 Å². The van der Waals surface area contributed by atoms with Crippen LogP contribution in [0.1, 0.15) is 31.7 Å². The van der Waals surface area contributed by atoms with Gasteiger partial charge in [-0.2, -0.15) is 0 Å². The molecule has 0 atom stereocenters. The summed E-state index contributed by atoms with van der Waals surface area (Å²) < 4.78 is 5.69. The van der Waals surface area contributed by atoms with Crippen molar-refractivity contribution in [3.05, 3.63) is 28.8 Å². The molecule has 0 aromatic heterocycles. The number of urea groups is 1. The van der Waals surface area contributed by atoms with Gasteiger partial charge in [-0.05, 0) is 56.5 Å². The lowest BCUT2D eigenvalue weighted by molar-refractivity contribution is -0.139. The molecule has 1 aromatic carbocycles.